The molecule has 1 atom stereocenters. The van der Waals surface area contributed by atoms with Crippen LogP contribution in [-0.2, 0) is 15.9 Å². The molecule has 1 aromatic rings. The lowest BCUT2D eigenvalue weighted by atomic mass is 9.87. The molecule has 126 valence electrons. The Bertz CT molecular complexity index is 563. The van der Waals surface area contributed by atoms with E-state index < -0.39 is 18.0 Å². The lowest BCUT2D eigenvalue weighted by molar-refractivity contribution is -0.198. The van der Waals surface area contributed by atoms with Crippen molar-refractivity contribution < 1.29 is 19.1 Å². The summed E-state index contributed by atoms with van der Waals surface area (Å²) in [6.07, 6.45) is 2.50. The Morgan fingerprint density at radius 1 is 1.13 bits per heavy atom. The summed E-state index contributed by atoms with van der Waals surface area (Å²) >= 11 is 3.52. The highest BCUT2D eigenvalue weighted by Crippen LogP contribution is 2.39. The predicted molar refractivity (Wildman–Crippen MR) is 88.5 cm³/mol. The van der Waals surface area contributed by atoms with Crippen molar-refractivity contribution in [2.24, 2.45) is 17.4 Å². The molecule has 1 aliphatic rings. The Balaban J connectivity index is 2.34. The van der Waals surface area contributed by atoms with Crippen molar-refractivity contribution >= 4 is 28.1 Å². The van der Waals surface area contributed by atoms with Crippen LogP contribution in [0.25, 0.3) is 0 Å². The lowest BCUT2D eigenvalue weighted by Gasteiger charge is -2.37. The van der Waals surface area contributed by atoms with Crippen molar-refractivity contribution in [2.75, 3.05) is 0 Å². The molecule has 0 aliphatic heterocycles. The average molecular weight is 385 g/mol. The molecule has 2 amide bonds. The van der Waals surface area contributed by atoms with Gasteiger partial charge in [-0.15, -0.1) is 0 Å². The number of hydrogen-bond acceptors (Lipinski definition) is 4. The average Bonchev–Trinajstić information content (AvgIpc) is 2.63. The van der Waals surface area contributed by atoms with Gasteiger partial charge in [-0.3, -0.25) is 0 Å². The minimum Gasteiger partial charge on any atom is -0.406 e. The van der Waals surface area contributed by atoms with Gasteiger partial charge < -0.3 is 20.9 Å². The quantitative estimate of drug-likeness (QED) is 0.612. The van der Waals surface area contributed by atoms with Crippen LogP contribution < -0.4 is 11.5 Å². The van der Waals surface area contributed by atoms with E-state index in [1.807, 2.05) is 24.3 Å². The number of nitrogens with two attached hydrogens (primary N) is 2. The van der Waals surface area contributed by atoms with Crippen molar-refractivity contribution in [3.05, 3.63) is 34.3 Å². The number of ether oxygens (including phenoxy) is 2. The first-order chi connectivity index (χ1) is 10.9. The van der Waals surface area contributed by atoms with Crippen LogP contribution in [0.2, 0.25) is 0 Å². The van der Waals surface area contributed by atoms with Crippen molar-refractivity contribution in [3.8, 4) is 0 Å². The highest BCUT2D eigenvalue weighted by atomic mass is 79.9. The van der Waals surface area contributed by atoms with Crippen molar-refractivity contribution in [2.45, 2.75) is 44.3 Å². The van der Waals surface area contributed by atoms with Gasteiger partial charge in [0.05, 0.1) is 0 Å². The van der Waals surface area contributed by atoms with Crippen LogP contribution in [0.5, 0.6) is 0 Å². The van der Waals surface area contributed by atoms with E-state index >= 15 is 0 Å². The summed E-state index contributed by atoms with van der Waals surface area (Å²) in [6.45, 7) is 0. The van der Waals surface area contributed by atoms with Crippen LogP contribution in [0.3, 0.4) is 0 Å². The zero-order valence-electron chi connectivity index (χ0n) is 12.8. The van der Waals surface area contributed by atoms with E-state index in [1.165, 1.54) is 0 Å². The maximum atomic E-state index is 11.4. The minimum atomic E-state index is -1.40. The molecule has 23 heavy (non-hydrogen) atoms. The number of halogens is 1. The van der Waals surface area contributed by atoms with Crippen molar-refractivity contribution in [1.82, 2.24) is 0 Å². The highest BCUT2D eigenvalue weighted by molar-refractivity contribution is 9.10. The SMILES string of the molecule is NC(=O)OC1(OC(N)=O)CCCCCC1Cc1ccccc1Br. The molecule has 0 aromatic heterocycles. The maximum absolute atomic E-state index is 11.4. The smallest absolute Gasteiger partial charge is 0.406 e. The van der Waals surface area contributed by atoms with E-state index in [0.29, 0.717) is 12.8 Å². The Labute approximate surface area is 143 Å². The molecule has 4 N–H and O–H groups in total. The van der Waals surface area contributed by atoms with E-state index in [1.54, 1.807) is 0 Å². The molecule has 1 fully saturated rings. The first-order valence-corrected chi connectivity index (χ1v) is 8.42. The van der Waals surface area contributed by atoms with Gasteiger partial charge in [0.1, 0.15) is 0 Å². The van der Waals surface area contributed by atoms with Gasteiger partial charge in [-0.1, -0.05) is 47.0 Å². The molecule has 0 spiro atoms. The molecule has 1 aromatic carbocycles. The van der Waals surface area contributed by atoms with Crippen molar-refractivity contribution in [1.29, 1.82) is 0 Å². The molecule has 6 nitrogen and oxygen atoms in total. The Kier molecular flexibility index (Phi) is 5.87. The summed E-state index contributed by atoms with van der Waals surface area (Å²) in [6, 6.07) is 7.78. The molecule has 0 radical (unpaired) electrons. The predicted octanol–water partition coefficient (Wildman–Crippen LogP) is 3.46. The third-order valence-electron chi connectivity index (χ3n) is 4.17. The number of primary amides is 2. The van der Waals surface area contributed by atoms with E-state index in [9.17, 15) is 9.59 Å². The van der Waals surface area contributed by atoms with E-state index in [2.05, 4.69) is 15.9 Å². The van der Waals surface area contributed by atoms with Gasteiger partial charge in [0.15, 0.2) is 0 Å². The second kappa shape index (κ2) is 7.68. The van der Waals surface area contributed by atoms with Crippen LogP contribution >= 0.6 is 15.9 Å². The highest BCUT2D eigenvalue weighted by Gasteiger charge is 2.46. The molecule has 1 aliphatic carbocycles. The Morgan fingerprint density at radius 3 is 2.39 bits per heavy atom. The number of hydrogen-bond donors (Lipinski definition) is 2. The topological polar surface area (TPSA) is 105 Å². The molecule has 0 saturated heterocycles. The lowest BCUT2D eigenvalue weighted by Crippen LogP contribution is -2.49. The molecular formula is C16H21BrN2O4. The first-order valence-electron chi connectivity index (χ1n) is 7.63. The zero-order valence-corrected chi connectivity index (χ0v) is 14.4. The molecule has 1 saturated carbocycles. The fourth-order valence-electron chi connectivity index (χ4n) is 3.18. The standard InChI is InChI=1S/C16H21BrN2O4/c17-13-8-4-3-6-11(13)10-12-7-2-1-5-9-16(12,22-14(18)20)23-15(19)21/h3-4,6,8,12H,1-2,5,7,9-10H2,(H2,18,20)(H2,19,21). The fourth-order valence-corrected chi connectivity index (χ4v) is 3.63. The fraction of sp³-hybridized carbons (Fsp3) is 0.500. The Morgan fingerprint density at radius 2 is 1.78 bits per heavy atom. The molecule has 0 bridgehead atoms. The van der Waals surface area contributed by atoms with Gasteiger partial charge in [-0.2, -0.15) is 0 Å². The van der Waals surface area contributed by atoms with Crippen LogP contribution in [-0.4, -0.2) is 18.0 Å². The third kappa shape index (κ3) is 4.60. The number of benzene rings is 1. The van der Waals surface area contributed by atoms with E-state index in [4.69, 9.17) is 20.9 Å². The third-order valence-corrected chi connectivity index (χ3v) is 4.94. The van der Waals surface area contributed by atoms with Gasteiger partial charge in [-0.25, -0.2) is 9.59 Å². The number of carbonyl (C=O) groups is 2. The van der Waals surface area contributed by atoms with Crippen LogP contribution in [0, 0.1) is 5.92 Å². The zero-order chi connectivity index (χ0) is 16.9. The van der Waals surface area contributed by atoms with Gasteiger partial charge in [-0.05, 0) is 30.9 Å². The van der Waals surface area contributed by atoms with Crippen LogP contribution in [0.4, 0.5) is 9.59 Å². The van der Waals surface area contributed by atoms with Crippen molar-refractivity contribution in [3.63, 3.8) is 0 Å². The van der Waals surface area contributed by atoms with Crippen LogP contribution in [0.15, 0.2) is 28.7 Å². The molecular weight excluding hydrogens is 364 g/mol. The molecule has 2 rings (SSSR count). The van der Waals surface area contributed by atoms with Crippen LogP contribution in [0.1, 0.15) is 37.7 Å². The summed E-state index contributed by atoms with van der Waals surface area (Å²) in [4.78, 5) is 22.8. The number of rotatable bonds is 4. The Hall–Kier alpha value is -1.76. The summed E-state index contributed by atoms with van der Waals surface area (Å²) in [5.41, 5.74) is 11.5. The van der Waals surface area contributed by atoms with Gasteiger partial charge >= 0.3 is 12.2 Å². The second-order valence-corrected chi connectivity index (χ2v) is 6.60. The number of carbonyl (C=O) groups excluding carboxylic acids is 2. The molecule has 1 unspecified atom stereocenters. The number of amides is 2. The van der Waals surface area contributed by atoms with Gasteiger partial charge in [0, 0.05) is 16.8 Å². The summed E-state index contributed by atoms with van der Waals surface area (Å²) in [5, 5.41) is 0. The summed E-state index contributed by atoms with van der Waals surface area (Å²) < 4.78 is 11.5. The van der Waals surface area contributed by atoms with Gasteiger partial charge in [0.2, 0.25) is 0 Å². The van der Waals surface area contributed by atoms with Gasteiger partial charge in [0.25, 0.3) is 5.79 Å². The minimum absolute atomic E-state index is 0.205. The first kappa shape index (κ1) is 17.6. The summed E-state index contributed by atoms with van der Waals surface area (Å²) in [5.74, 6) is -1.60. The summed E-state index contributed by atoms with van der Waals surface area (Å²) in [7, 11) is 0. The largest absolute Gasteiger partial charge is 0.407 e. The maximum Gasteiger partial charge on any atom is 0.407 e. The molecule has 7 heteroatoms. The van der Waals surface area contributed by atoms with E-state index in [0.717, 1.165) is 35.7 Å². The normalized spacial score (nSPS) is 20.3. The second-order valence-electron chi connectivity index (χ2n) is 5.75. The van der Waals surface area contributed by atoms with E-state index in [-0.39, 0.29) is 5.92 Å². The monoisotopic (exact) mass is 384 g/mol. The molecule has 0 heterocycles.